The zero-order valence-corrected chi connectivity index (χ0v) is 3.79. The fraction of sp³-hybridized carbons (Fsp3) is 0.333. The first kappa shape index (κ1) is 4.76. The van der Waals surface area contributed by atoms with Crippen LogP contribution in [0.5, 0.6) is 0 Å². The third-order valence-electron chi connectivity index (χ3n) is 0.192. The molecule has 0 aromatic rings. The molecule has 0 rings (SSSR count). The molecule has 1 nitrogen and oxygen atoms in total. The molecule has 28 valence electrons. The lowest BCUT2D eigenvalue weighted by atomic mass is 10.8. The first-order chi connectivity index (χ1) is 2.41. The maximum absolute atomic E-state index is 9.36. The molecule has 0 spiro atoms. The minimum absolute atomic E-state index is 0.471. The van der Waals surface area contributed by atoms with Gasteiger partial charge in [0.05, 0.1) is 0 Å². The molecule has 0 saturated carbocycles. The normalized spacial score (nSPS) is 9.00. The predicted molar refractivity (Wildman–Crippen MR) is 22.9 cm³/mol. The van der Waals surface area contributed by atoms with E-state index in [1.807, 2.05) is 6.92 Å². The third kappa shape index (κ3) is 3.76. The van der Waals surface area contributed by atoms with Crippen LogP contribution in [0.4, 0.5) is 0 Å². The molecule has 0 unspecified atom stereocenters. The molecule has 0 radical (unpaired) electrons. The average Bonchev–Trinajstić information content (AvgIpc) is 1.41. The summed E-state index contributed by atoms with van der Waals surface area (Å²) in [5.41, 5.74) is 0. The highest BCUT2D eigenvalue weighted by Crippen LogP contribution is 1.59. The van der Waals surface area contributed by atoms with Crippen LogP contribution in [-0.2, 0) is 15.9 Å². The lowest BCUT2D eigenvalue weighted by Crippen LogP contribution is -1.40. The van der Waals surface area contributed by atoms with Crippen molar-refractivity contribution in [1.82, 2.24) is 0 Å². The first-order valence-electron chi connectivity index (χ1n) is 1.31. The van der Waals surface area contributed by atoms with Gasteiger partial charge in [0.15, 0.2) is 0 Å². The number of hydrogen-bond donors (Lipinski definition) is 0. The predicted octanol–water partition coefficient (Wildman–Crippen LogP) is 0.948. The molecule has 0 aromatic carbocycles. The highest BCUT2D eigenvalue weighted by atomic mass is 32.1. The summed E-state index contributed by atoms with van der Waals surface area (Å²) in [5, 5.41) is 1.49. The molecule has 0 N–H and O–H groups in total. The van der Waals surface area contributed by atoms with Gasteiger partial charge in [0.2, 0.25) is 5.41 Å². The molecule has 0 atom stereocenters. The molecule has 0 aliphatic carbocycles. The highest BCUT2D eigenvalue weighted by molar-refractivity contribution is 7.68. The van der Waals surface area contributed by atoms with Crippen LogP contribution < -0.4 is 0 Å². The average molecular weight is 89.1 g/mol. The fourth-order valence-corrected chi connectivity index (χ4v) is 0.167. The molecule has 0 saturated heterocycles. The van der Waals surface area contributed by atoms with Crippen LogP contribution in [0.15, 0.2) is 11.5 Å². The summed E-state index contributed by atoms with van der Waals surface area (Å²) in [6.07, 6.45) is 1.71. The Morgan fingerprint density at radius 1 is 1.80 bits per heavy atom. The van der Waals surface area contributed by atoms with Crippen molar-refractivity contribution in [1.29, 1.82) is 0 Å². The summed E-state index contributed by atoms with van der Waals surface area (Å²) < 4.78 is 9.36. The molecule has 0 fully saturated rings. The Kier molecular flexibility index (Phi) is 3.58. The Hall–Kier alpha value is -0.240. The maximum atomic E-state index is 9.36. The summed E-state index contributed by atoms with van der Waals surface area (Å²) >= 11 is 0.471. The van der Waals surface area contributed by atoms with E-state index in [1.54, 1.807) is 6.08 Å². The third-order valence-corrected chi connectivity index (χ3v) is 0.575. The Bertz CT molecular complexity index is 48.9. The van der Waals surface area contributed by atoms with E-state index in [2.05, 4.69) is 0 Å². The Balaban J connectivity index is 2.92. The van der Waals surface area contributed by atoms with Crippen molar-refractivity contribution < 1.29 is 4.21 Å². The smallest absolute Gasteiger partial charge is 0.0416 e. The van der Waals surface area contributed by atoms with E-state index in [0.29, 0.717) is 11.7 Å². The molecule has 2 heteroatoms. The second kappa shape index (κ2) is 3.76. The van der Waals surface area contributed by atoms with Crippen LogP contribution in [0, 0.1) is 0 Å². The quantitative estimate of drug-likeness (QED) is 0.437. The summed E-state index contributed by atoms with van der Waals surface area (Å²) in [6.45, 7) is 1.81. The molecule has 0 aliphatic heterocycles. The molecule has 0 amide bonds. The van der Waals surface area contributed by atoms with Crippen LogP contribution in [-0.4, -0.2) is 0 Å². The summed E-state index contributed by atoms with van der Waals surface area (Å²) in [7, 11) is 0. The van der Waals surface area contributed by atoms with Crippen LogP contribution in [0.3, 0.4) is 0 Å². The van der Waals surface area contributed by atoms with Gasteiger partial charge in [0.1, 0.15) is 0 Å². The minimum atomic E-state index is 0.471. The van der Waals surface area contributed by atoms with E-state index in [9.17, 15) is 4.21 Å². The Morgan fingerprint density at radius 3 is 2.40 bits per heavy atom. The van der Waals surface area contributed by atoms with Gasteiger partial charge in [-0.05, 0) is 13.0 Å². The lowest BCUT2D eigenvalue weighted by Gasteiger charge is -1.34. The maximum Gasteiger partial charge on any atom is 0.496 e. The van der Waals surface area contributed by atoms with E-state index >= 15 is 0 Å². The second-order valence-corrected chi connectivity index (χ2v) is 1.03. The van der Waals surface area contributed by atoms with Crippen molar-refractivity contribution in [3.05, 3.63) is 11.5 Å². The van der Waals surface area contributed by atoms with E-state index < -0.39 is 0 Å². The minimum Gasteiger partial charge on any atom is -0.0416 e. The molecule has 0 aliphatic rings. The van der Waals surface area contributed by atoms with Crippen LogP contribution in [0.25, 0.3) is 0 Å². The van der Waals surface area contributed by atoms with E-state index in [1.165, 1.54) is 5.41 Å². The van der Waals surface area contributed by atoms with Gasteiger partial charge in [-0.15, -0.1) is 0 Å². The van der Waals surface area contributed by atoms with Crippen LogP contribution in [0.1, 0.15) is 6.92 Å². The van der Waals surface area contributed by atoms with E-state index in [-0.39, 0.29) is 0 Å². The molecule has 0 bridgehead atoms. The van der Waals surface area contributed by atoms with Crippen LogP contribution in [0.2, 0.25) is 0 Å². The lowest BCUT2D eigenvalue weighted by molar-refractivity contribution is 0.608. The Labute approximate surface area is 35.2 Å². The largest absolute Gasteiger partial charge is 0.496 e. The first-order valence-corrected chi connectivity index (χ1v) is 2.12. The van der Waals surface area contributed by atoms with Gasteiger partial charge < -0.3 is 0 Å². The van der Waals surface area contributed by atoms with Crippen molar-refractivity contribution in [2.24, 2.45) is 0 Å². The topological polar surface area (TPSA) is 17.1 Å². The van der Waals surface area contributed by atoms with Gasteiger partial charge in [0, 0.05) is 4.21 Å². The molecule has 0 heterocycles. The van der Waals surface area contributed by atoms with Crippen molar-refractivity contribution in [2.75, 3.05) is 0 Å². The van der Waals surface area contributed by atoms with Gasteiger partial charge in [-0.2, -0.15) is 0 Å². The Morgan fingerprint density at radius 2 is 2.40 bits per heavy atom. The van der Waals surface area contributed by atoms with Crippen molar-refractivity contribution >= 4 is 11.7 Å². The number of hydrogen-bond acceptors (Lipinski definition) is 1. The van der Waals surface area contributed by atoms with Gasteiger partial charge in [-0.25, -0.2) is 0 Å². The van der Waals surface area contributed by atoms with Gasteiger partial charge in [-0.3, -0.25) is 0 Å². The SMILES string of the molecule is C/C=C/[S+]=O. The van der Waals surface area contributed by atoms with Crippen molar-refractivity contribution in [3.63, 3.8) is 0 Å². The molecular weight excluding hydrogens is 84.1 g/mol. The monoisotopic (exact) mass is 89.0 g/mol. The standard InChI is InChI=1S/C3H5OS/c1-2-3-5-4/h2-3H,1H3/q+1/b3-2+. The summed E-state index contributed by atoms with van der Waals surface area (Å²) in [4.78, 5) is 0. The van der Waals surface area contributed by atoms with E-state index in [0.717, 1.165) is 0 Å². The zero-order valence-electron chi connectivity index (χ0n) is 2.97. The number of rotatable bonds is 1. The van der Waals surface area contributed by atoms with Crippen molar-refractivity contribution in [2.45, 2.75) is 6.92 Å². The molecule has 0 aromatic heterocycles. The molecule has 5 heavy (non-hydrogen) atoms. The highest BCUT2D eigenvalue weighted by Gasteiger charge is 1.73. The second-order valence-electron chi connectivity index (χ2n) is 0.566. The fourth-order valence-electron chi connectivity index (χ4n) is 0.0556. The van der Waals surface area contributed by atoms with E-state index in [4.69, 9.17) is 0 Å². The molecular formula is C3H5OS+. The summed E-state index contributed by atoms with van der Waals surface area (Å²) in [6, 6.07) is 0. The van der Waals surface area contributed by atoms with Crippen molar-refractivity contribution in [3.8, 4) is 0 Å². The van der Waals surface area contributed by atoms with Gasteiger partial charge in [0.25, 0.3) is 0 Å². The number of allylic oxidation sites excluding steroid dienone is 1. The summed E-state index contributed by atoms with van der Waals surface area (Å²) in [5.74, 6) is 0. The van der Waals surface area contributed by atoms with Gasteiger partial charge >= 0.3 is 11.7 Å². The zero-order chi connectivity index (χ0) is 4.12. The van der Waals surface area contributed by atoms with Crippen LogP contribution >= 0.6 is 0 Å². The van der Waals surface area contributed by atoms with Gasteiger partial charge in [-0.1, -0.05) is 0 Å².